The number of hydrogen-bond acceptors (Lipinski definition) is 8. The van der Waals surface area contributed by atoms with Gasteiger partial charge >= 0.3 is 59.1 Å². The molecule has 2 unspecified atom stereocenters. The molecule has 0 spiro atoms. The summed E-state index contributed by atoms with van der Waals surface area (Å²) in [5.74, 6) is 0. The second kappa shape index (κ2) is 8.74. The van der Waals surface area contributed by atoms with Gasteiger partial charge in [-0.15, -0.1) is 0 Å². The third kappa shape index (κ3) is 9.41. The minimum Gasteiger partial charge on any atom is -0.746 e. The number of aliphatic hydroxyl groups excluding tert-OH is 2. The largest absolute Gasteiger partial charge is 1.00 e. The average molecular weight is 284 g/mol. The molecule has 0 aromatic carbocycles. The van der Waals surface area contributed by atoms with E-state index in [1.165, 1.54) is 0 Å². The molecule has 9 nitrogen and oxygen atoms in total. The second-order valence-corrected chi connectivity index (χ2v) is 4.70. The van der Waals surface area contributed by atoms with Crippen LogP contribution in [-0.4, -0.2) is 52.5 Å². The zero-order valence-electron chi connectivity index (χ0n) is 7.82. The molecule has 15 heavy (non-hydrogen) atoms. The Morgan fingerprint density at radius 2 is 0.933 bits per heavy atom. The molecule has 0 fully saturated rings. The fourth-order valence-electron chi connectivity index (χ4n) is 0.285. The Bertz CT molecular complexity index is 308. The number of rotatable bonds is 3. The second-order valence-electron chi connectivity index (χ2n) is 1.77. The van der Waals surface area contributed by atoms with Crippen LogP contribution in [0.15, 0.2) is 0 Å². The zero-order valence-corrected chi connectivity index (χ0v) is 13.4. The zero-order chi connectivity index (χ0) is 10.2. The van der Waals surface area contributed by atoms with Crippen molar-refractivity contribution < 1.29 is 101 Å². The van der Waals surface area contributed by atoms with Crippen molar-refractivity contribution in [2.24, 2.45) is 0 Å². The normalized spacial score (nSPS) is 14.9. The maximum atomic E-state index is 9.85. The van der Waals surface area contributed by atoms with Crippen molar-refractivity contribution in [1.82, 2.24) is 0 Å². The van der Waals surface area contributed by atoms with E-state index in [4.69, 9.17) is 10.2 Å². The van der Waals surface area contributed by atoms with Crippen LogP contribution in [-0.2, 0) is 20.2 Å². The molecule has 0 rings (SSSR count). The molecule has 0 saturated carbocycles. The molecule has 2 atom stereocenters. The van der Waals surface area contributed by atoms with Crippen LogP contribution in [0, 0.1) is 0 Å². The third-order valence-corrected chi connectivity index (χ3v) is 2.71. The molecule has 0 radical (unpaired) electrons. The van der Waals surface area contributed by atoms with Crippen LogP contribution in [0.25, 0.3) is 0 Å². The van der Waals surface area contributed by atoms with Gasteiger partial charge in [0, 0.05) is 0 Å². The van der Waals surface area contributed by atoms with Crippen molar-refractivity contribution in [3.63, 3.8) is 0 Å². The van der Waals surface area contributed by atoms with Gasteiger partial charge in [-0.2, -0.15) is 0 Å². The summed E-state index contributed by atoms with van der Waals surface area (Å²) in [6.45, 7) is 0. The Kier molecular flexibility index (Phi) is 14.9. The van der Waals surface area contributed by atoms with Crippen molar-refractivity contribution in [3.05, 3.63) is 0 Å². The molecule has 0 bridgehead atoms. The van der Waals surface area contributed by atoms with Crippen LogP contribution in [0.5, 0.6) is 0 Å². The Morgan fingerprint density at radius 3 is 1.00 bits per heavy atom. The molecule has 0 aliphatic rings. The van der Waals surface area contributed by atoms with E-state index >= 15 is 0 Å². The predicted octanol–water partition coefficient (Wildman–Crippen LogP) is -10.1. The summed E-state index contributed by atoms with van der Waals surface area (Å²) in [7, 11) is -10.8. The van der Waals surface area contributed by atoms with Crippen molar-refractivity contribution in [2.45, 2.75) is 10.9 Å². The van der Waals surface area contributed by atoms with E-state index in [0.29, 0.717) is 0 Å². The van der Waals surface area contributed by atoms with Crippen LogP contribution >= 0.6 is 0 Å². The van der Waals surface area contributed by atoms with Crippen LogP contribution in [0.4, 0.5) is 0 Å². The SMILES string of the molecule is O.O=S(=O)([O-])C(O)C(O)S(=O)(=O)[O-].[Na+].[Na+]. The molecule has 13 heteroatoms. The minimum absolute atomic E-state index is 0. The van der Waals surface area contributed by atoms with E-state index in [2.05, 4.69) is 0 Å². The first-order valence-electron chi connectivity index (χ1n) is 2.32. The standard InChI is InChI=1S/C2H6O8S2.2Na.H2O/c3-1(11(5,6)7)2(4)12(8,9)10;;;/h1-4H,(H,5,6,7)(H,8,9,10);;;1H2/q;2*+1;/p-2. The fraction of sp³-hybridized carbons (Fsp3) is 1.00. The third-order valence-electron chi connectivity index (χ3n) is 0.835. The number of hydrogen-bond donors (Lipinski definition) is 2. The fourth-order valence-corrected chi connectivity index (χ4v) is 1.67. The molecule has 0 saturated heterocycles. The van der Waals surface area contributed by atoms with E-state index in [0.717, 1.165) is 0 Å². The van der Waals surface area contributed by atoms with Crippen LogP contribution in [0.3, 0.4) is 0 Å². The molecule has 0 heterocycles. The number of aliphatic hydroxyl groups is 2. The predicted molar refractivity (Wildman–Crippen MR) is 35.0 cm³/mol. The quantitative estimate of drug-likeness (QED) is 0.377. The summed E-state index contributed by atoms with van der Waals surface area (Å²) in [4.78, 5) is 0. The molecule has 0 aliphatic heterocycles. The summed E-state index contributed by atoms with van der Waals surface area (Å²) in [6.07, 6.45) is 0. The molecule has 0 amide bonds. The van der Waals surface area contributed by atoms with Gasteiger partial charge in [0.2, 0.25) is 0 Å². The van der Waals surface area contributed by atoms with Crippen molar-refractivity contribution in [1.29, 1.82) is 0 Å². The Balaban J connectivity index is -0.000000202. The molecule has 0 aromatic rings. The summed E-state index contributed by atoms with van der Waals surface area (Å²) in [5.41, 5.74) is -6.31. The molecule has 0 aromatic heterocycles. The first kappa shape index (κ1) is 25.5. The Morgan fingerprint density at radius 1 is 0.800 bits per heavy atom. The smallest absolute Gasteiger partial charge is 0.746 e. The minimum atomic E-state index is -5.41. The summed E-state index contributed by atoms with van der Waals surface area (Å²) >= 11 is 0. The van der Waals surface area contributed by atoms with Crippen LogP contribution < -0.4 is 59.1 Å². The first-order valence-corrected chi connectivity index (χ1v) is 5.26. The Labute approximate surface area is 130 Å². The van der Waals surface area contributed by atoms with E-state index in [-0.39, 0.29) is 64.6 Å². The van der Waals surface area contributed by atoms with Gasteiger partial charge in [0.25, 0.3) is 0 Å². The van der Waals surface area contributed by atoms with Gasteiger partial charge in [-0.05, 0) is 0 Å². The van der Waals surface area contributed by atoms with Gasteiger partial charge in [-0.1, -0.05) is 0 Å². The van der Waals surface area contributed by atoms with Crippen molar-refractivity contribution in [2.75, 3.05) is 0 Å². The van der Waals surface area contributed by atoms with Gasteiger partial charge in [-0.3, -0.25) is 0 Å². The average Bonchev–Trinajstić information content (AvgIpc) is 1.80. The van der Waals surface area contributed by atoms with E-state index in [1.807, 2.05) is 0 Å². The van der Waals surface area contributed by atoms with Gasteiger partial charge in [0.15, 0.2) is 10.9 Å². The summed E-state index contributed by atoms with van der Waals surface area (Å²) in [6, 6.07) is 0. The van der Waals surface area contributed by atoms with E-state index in [1.54, 1.807) is 0 Å². The van der Waals surface area contributed by atoms with Crippen LogP contribution in [0.2, 0.25) is 0 Å². The molecule has 4 N–H and O–H groups in total. The van der Waals surface area contributed by atoms with Gasteiger partial charge in [0.05, 0.1) is 0 Å². The van der Waals surface area contributed by atoms with Crippen molar-refractivity contribution in [3.8, 4) is 0 Å². The first-order chi connectivity index (χ1) is 5.07. The topological polar surface area (TPSA) is 186 Å². The van der Waals surface area contributed by atoms with Crippen LogP contribution in [0.1, 0.15) is 0 Å². The van der Waals surface area contributed by atoms with E-state index < -0.39 is 31.1 Å². The van der Waals surface area contributed by atoms with Gasteiger partial charge in [-0.25, -0.2) is 16.8 Å². The van der Waals surface area contributed by atoms with E-state index in [9.17, 15) is 25.9 Å². The molecular weight excluding hydrogens is 278 g/mol. The summed E-state index contributed by atoms with van der Waals surface area (Å²) < 4.78 is 59.1. The van der Waals surface area contributed by atoms with Gasteiger partial charge in [0.1, 0.15) is 20.2 Å². The monoisotopic (exact) mass is 284 g/mol. The van der Waals surface area contributed by atoms with Gasteiger partial charge < -0.3 is 24.8 Å². The molecular formula is C2H6Na2O9S2. The molecule has 82 valence electrons. The molecule has 0 aliphatic carbocycles. The maximum absolute atomic E-state index is 9.85. The Hall–Kier alpha value is 1.70. The van der Waals surface area contributed by atoms with Crippen molar-refractivity contribution >= 4 is 20.2 Å². The maximum Gasteiger partial charge on any atom is 1.00 e. The summed E-state index contributed by atoms with van der Waals surface area (Å²) in [5, 5.41) is 16.5.